The fourth-order valence-corrected chi connectivity index (χ4v) is 4.98. The first-order chi connectivity index (χ1) is 16.7. The highest BCUT2D eigenvalue weighted by atomic mass is 16.5. The van der Waals surface area contributed by atoms with Gasteiger partial charge in [0.1, 0.15) is 11.6 Å². The minimum atomic E-state index is 0.0301. The number of imidazole rings is 1. The summed E-state index contributed by atoms with van der Waals surface area (Å²) in [5, 5.41) is 2.46. The number of benzene rings is 4. The summed E-state index contributed by atoms with van der Waals surface area (Å²) in [6, 6.07) is 30.9. The molecule has 34 heavy (non-hydrogen) atoms. The summed E-state index contributed by atoms with van der Waals surface area (Å²) in [6.45, 7) is 1.33. The van der Waals surface area contributed by atoms with Crippen LogP contribution in [0.3, 0.4) is 0 Å². The van der Waals surface area contributed by atoms with E-state index < -0.39 is 0 Å². The van der Waals surface area contributed by atoms with E-state index in [0.29, 0.717) is 19.5 Å². The second-order valence-corrected chi connectivity index (χ2v) is 8.83. The first-order valence-electron chi connectivity index (χ1n) is 11.6. The molecule has 5 nitrogen and oxygen atoms in total. The fraction of sp³-hybridized carbons (Fsp3) is 0.172. The number of fused-ring (bicyclic) bond motifs is 2. The highest BCUT2D eigenvalue weighted by molar-refractivity contribution is 5.96. The normalized spacial score (nSPS) is 16.0. The maximum atomic E-state index is 13.0. The van der Waals surface area contributed by atoms with Crippen molar-refractivity contribution in [3.63, 3.8) is 0 Å². The van der Waals surface area contributed by atoms with E-state index in [2.05, 4.69) is 53.1 Å². The summed E-state index contributed by atoms with van der Waals surface area (Å²) in [7, 11) is 1.64. The number of rotatable bonds is 5. The molecule has 1 amide bonds. The SMILES string of the molecule is COc1ccc(N2CC(c3nc4ccccc4n3Cc3ccc4ccccc4c3)CC2=O)cc1. The third-order valence-electron chi connectivity index (χ3n) is 6.71. The van der Waals surface area contributed by atoms with Gasteiger partial charge >= 0.3 is 0 Å². The van der Waals surface area contributed by atoms with E-state index in [4.69, 9.17) is 9.72 Å². The first kappa shape index (κ1) is 20.5. The van der Waals surface area contributed by atoms with Crippen molar-refractivity contribution in [2.75, 3.05) is 18.6 Å². The van der Waals surface area contributed by atoms with Crippen molar-refractivity contribution in [1.82, 2.24) is 9.55 Å². The molecule has 1 saturated heterocycles. The number of nitrogens with zero attached hydrogens (tertiary/aromatic N) is 3. The molecular formula is C29H25N3O2. The van der Waals surface area contributed by atoms with Crippen molar-refractivity contribution in [3.05, 3.63) is 102 Å². The molecule has 0 saturated carbocycles. The summed E-state index contributed by atoms with van der Waals surface area (Å²) in [5.41, 5.74) is 4.18. The van der Waals surface area contributed by atoms with Gasteiger partial charge in [-0.2, -0.15) is 0 Å². The molecule has 1 aliphatic heterocycles. The van der Waals surface area contributed by atoms with E-state index in [0.717, 1.165) is 28.3 Å². The molecule has 1 unspecified atom stereocenters. The molecule has 2 heterocycles. The Hall–Kier alpha value is -4.12. The summed E-state index contributed by atoms with van der Waals surface area (Å²) in [6.07, 6.45) is 0.451. The van der Waals surface area contributed by atoms with Crippen LogP contribution in [-0.4, -0.2) is 29.1 Å². The monoisotopic (exact) mass is 447 g/mol. The van der Waals surface area contributed by atoms with Gasteiger partial charge < -0.3 is 14.2 Å². The lowest BCUT2D eigenvalue weighted by Crippen LogP contribution is -2.24. The number of amides is 1. The Morgan fingerprint density at radius 1 is 0.912 bits per heavy atom. The van der Waals surface area contributed by atoms with Gasteiger partial charge in [0.2, 0.25) is 5.91 Å². The number of anilines is 1. The molecule has 168 valence electrons. The molecule has 0 aliphatic carbocycles. The van der Waals surface area contributed by atoms with E-state index in [1.54, 1.807) is 7.11 Å². The second-order valence-electron chi connectivity index (χ2n) is 8.83. The molecule has 1 fully saturated rings. The number of aromatic nitrogens is 2. The van der Waals surface area contributed by atoms with Gasteiger partial charge in [0.25, 0.3) is 0 Å². The van der Waals surface area contributed by atoms with Gasteiger partial charge in [-0.15, -0.1) is 0 Å². The van der Waals surface area contributed by atoms with Crippen LogP contribution in [0.1, 0.15) is 23.7 Å². The number of hydrogen-bond donors (Lipinski definition) is 0. The number of ether oxygens (including phenoxy) is 1. The average Bonchev–Trinajstić information content (AvgIpc) is 3.44. The lowest BCUT2D eigenvalue weighted by Gasteiger charge is -2.18. The zero-order valence-corrected chi connectivity index (χ0v) is 19.0. The zero-order chi connectivity index (χ0) is 23.1. The molecule has 4 aromatic carbocycles. The molecule has 5 heteroatoms. The molecule has 0 N–H and O–H groups in total. The largest absolute Gasteiger partial charge is 0.497 e. The van der Waals surface area contributed by atoms with Crippen molar-refractivity contribution in [3.8, 4) is 5.75 Å². The predicted molar refractivity (Wildman–Crippen MR) is 135 cm³/mol. The number of carbonyl (C=O) groups excluding carboxylic acids is 1. The Labute approximate surface area is 198 Å². The molecular weight excluding hydrogens is 422 g/mol. The third kappa shape index (κ3) is 3.59. The fourth-order valence-electron chi connectivity index (χ4n) is 4.98. The van der Waals surface area contributed by atoms with Crippen LogP contribution in [0, 0.1) is 0 Å². The average molecular weight is 448 g/mol. The second kappa shape index (κ2) is 8.34. The highest BCUT2D eigenvalue weighted by Crippen LogP contribution is 2.34. The Morgan fingerprint density at radius 2 is 1.68 bits per heavy atom. The molecule has 0 spiro atoms. The van der Waals surface area contributed by atoms with E-state index in [-0.39, 0.29) is 11.8 Å². The van der Waals surface area contributed by atoms with Gasteiger partial charge in [0.15, 0.2) is 0 Å². The maximum Gasteiger partial charge on any atom is 0.227 e. The van der Waals surface area contributed by atoms with Crippen molar-refractivity contribution < 1.29 is 9.53 Å². The number of hydrogen-bond acceptors (Lipinski definition) is 3. The Morgan fingerprint density at radius 3 is 2.50 bits per heavy atom. The summed E-state index contributed by atoms with van der Waals surface area (Å²) >= 11 is 0. The van der Waals surface area contributed by atoms with Crippen molar-refractivity contribution in [2.45, 2.75) is 18.9 Å². The van der Waals surface area contributed by atoms with E-state index in [9.17, 15) is 4.79 Å². The van der Waals surface area contributed by atoms with Crippen LogP contribution < -0.4 is 9.64 Å². The molecule has 1 aromatic heterocycles. The van der Waals surface area contributed by atoms with E-state index in [1.807, 2.05) is 47.4 Å². The highest BCUT2D eigenvalue weighted by Gasteiger charge is 2.34. The van der Waals surface area contributed by atoms with Crippen LogP contribution in [-0.2, 0) is 11.3 Å². The Bertz CT molecular complexity index is 1500. The van der Waals surface area contributed by atoms with Gasteiger partial charge in [-0.1, -0.05) is 48.5 Å². The molecule has 1 atom stereocenters. The van der Waals surface area contributed by atoms with Crippen LogP contribution in [0.15, 0.2) is 91.0 Å². The lowest BCUT2D eigenvalue weighted by atomic mass is 10.1. The molecule has 0 bridgehead atoms. The van der Waals surface area contributed by atoms with Crippen LogP contribution >= 0.6 is 0 Å². The quantitative estimate of drug-likeness (QED) is 0.344. The summed E-state index contributed by atoms with van der Waals surface area (Å²) in [4.78, 5) is 19.9. The first-order valence-corrected chi connectivity index (χ1v) is 11.6. The predicted octanol–water partition coefficient (Wildman–Crippen LogP) is 5.77. The van der Waals surface area contributed by atoms with E-state index >= 15 is 0 Å². The van der Waals surface area contributed by atoms with Crippen molar-refractivity contribution >= 4 is 33.4 Å². The van der Waals surface area contributed by atoms with Gasteiger partial charge in [0.05, 0.1) is 18.1 Å². The van der Waals surface area contributed by atoms with Crippen molar-refractivity contribution in [2.24, 2.45) is 0 Å². The minimum absolute atomic E-state index is 0.0301. The van der Waals surface area contributed by atoms with Gasteiger partial charge in [-0.25, -0.2) is 4.98 Å². The van der Waals surface area contributed by atoms with Crippen LogP contribution in [0.25, 0.3) is 21.8 Å². The molecule has 6 rings (SSSR count). The van der Waals surface area contributed by atoms with Crippen molar-refractivity contribution in [1.29, 1.82) is 0 Å². The van der Waals surface area contributed by atoms with Crippen LogP contribution in [0.5, 0.6) is 5.75 Å². The van der Waals surface area contributed by atoms with Gasteiger partial charge in [-0.05, 0) is 58.8 Å². The number of carbonyl (C=O) groups is 1. The van der Waals surface area contributed by atoms with Gasteiger partial charge in [0, 0.05) is 31.1 Å². The summed E-state index contributed by atoms with van der Waals surface area (Å²) in [5.74, 6) is 1.91. The van der Waals surface area contributed by atoms with E-state index in [1.165, 1.54) is 16.3 Å². The minimum Gasteiger partial charge on any atom is -0.497 e. The molecule has 0 radical (unpaired) electrons. The van der Waals surface area contributed by atoms with Crippen LogP contribution in [0.2, 0.25) is 0 Å². The molecule has 5 aromatic rings. The summed E-state index contributed by atoms with van der Waals surface area (Å²) < 4.78 is 7.55. The zero-order valence-electron chi connectivity index (χ0n) is 19.0. The van der Waals surface area contributed by atoms with Gasteiger partial charge in [-0.3, -0.25) is 4.79 Å². The standard InChI is InChI=1S/C29H25N3O2/c1-34-25-14-12-24(13-15-25)31-19-23(17-28(31)33)29-30-26-8-4-5-9-27(26)32(29)18-20-10-11-21-6-2-3-7-22(21)16-20/h2-16,23H,17-19H2,1H3. The number of methoxy groups -OCH3 is 1. The Balaban J connectivity index is 1.36. The Kier molecular flexibility index (Phi) is 5.02. The topological polar surface area (TPSA) is 47.4 Å². The number of para-hydroxylation sites is 2. The third-order valence-corrected chi connectivity index (χ3v) is 6.71. The van der Waals surface area contributed by atoms with Crippen LogP contribution in [0.4, 0.5) is 5.69 Å². The molecule has 1 aliphatic rings. The maximum absolute atomic E-state index is 13.0. The lowest BCUT2D eigenvalue weighted by molar-refractivity contribution is -0.117. The smallest absolute Gasteiger partial charge is 0.227 e.